The zero-order valence-corrected chi connectivity index (χ0v) is 26.0. The van der Waals surface area contributed by atoms with Crippen molar-refractivity contribution in [2.75, 3.05) is 12.3 Å². The second kappa shape index (κ2) is 12.8. The number of fused-ring (bicyclic) bond motifs is 1. The highest BCUT2D eigenvalue weighted by molar-refractivity contribution is 7.80. The van der Waals surface area contributed by atoms with Crippen LogP contribution in [0.5, 0.6) is 5.75 Å². The number of aryl methyl sites for hydroxylation is 2. The number of aromatic nitrogens is 3. The maximum Gasteiger partial charge on any atom is 0.418 e. The number of nitrogens with zero attached hydrogens (tertiary/aromatic N) is 5. The van der Waals surface area contributed by atoms with E-state index in [0.29, 0.717) is 10.8 Å². The summed E-state index contributed by atoms with van der Waals surface area (Å²) < 4.78 is 45.3. The Labute approximate surface area is 256 Å². The third-order valence-electron chi connectivity index (χ3n) is 7.17. The number of nitrogens with two attached hydrogens (primary N) is 1. The first-order valence-electron chi connectivity index (χ1n) is 13.5. The minimum atomic E-state index is -4.98. The molecule has 44 heavy (non-hydrogen) atoms. The van der Waals surface area contributed by atoms with Gasteiger partial charge in [0.25, 0.3) is 12.0 Å². The summed E-state index contributed by atoms with van der Waals surface area (Å²) in [5.41, 5.74) is 4.97. The van der Waals surface area contributed by atoms with E-state index in [4.69, 9.17) is 19.9 Å². The Morgan fingerprint density at radius 1 is 1.32 bits per heavy atom. The number of carboxylic acids is 1. The predicted molar refractivity (Wildman–Crippen MR) is 156 cm³/mol. The van der Waals surface area contributed by atoms with Crippen molar-refractivity contribution >= 4 is 61.1 Å². The molecule has 1 amide bonds. The number of carboxylic acid groups (broad SMARTS) is 1. The molecule has 16 nitrogen and oxygen atoms in total. The molecule has 0 radical (unpaired) electrons. The number of Topliss-reactive ketones (excluding diaryl/α,β-unsaturated/α-hetero) is 1. The van der Waals surface area contributed by atoms with Gasteiger partial charge in [0.05, 0.1) is 23.9 Å². The molecule has 0 bridgehead atoms. The zero-order valence-electron chi connectivity index (χ0n) is 24.4. The van der Waals surface area contributed by atoms with Gasteiger partial charge in [-0.15, -0.1) is 20.3 Å². The molecule has 2 atom stereocenters. The first-order chi connectivity index (χ1) is 20.6. The second-order valence-corrected chi connectivity index (χ2v) is 12.5. The molecule has 1 unspecified atom stereocenters. The van der Waals surface area contributed by atoms with Gasteiger partial charge >= 0.3 is 16.4 Å². The molecule has 238 valence electrons. The van der Waals surface area contributed by atoms with E-state index >= 15 is 0 Å². The molecule has 1 fully saturated rings. The van der Waals surface area contributed by atoms with Crippen LogP contribution in [0, 0.1) is 5.92 Å². The van der Waals surface area contributed by atoms with Gasteiger partial charge in [-0.05, 0) is 32.0 Å². The maximum absolute atomic E-state index is 13.3. The zero-order chi connectivity index (χ0) is 32.4. The van der Waals surface area contributed by atoms with Crippen molar-refractivity contribution in [3.8, 4) is 5.75 Å². The number of thiazole rings is 1. The number of ketones is 1. The quantitative estimate of drug-likeness (QED) is 0.0699. The number of ether oxygens (including phenoxy) is 1. The van der Waals surface area contributed by atoms with E-state index in [9.17, 15) is 27.9 Å². The number of carbonyl (C=O) groups excluding carboxylic acids is 2. The summed E-state index contributed by atoms with van der Waals surface area (Å²) in [6.07, 6.45) is 1.93. The van der Waals surface area contributed by atoms with Gasteiger partial charge in [-0.3, -0.25) is 14.1 Å². The van der Waals surface area contributed by atoms with Crippen LogP contribution in [0.2, 0.25) is 0 Å². The molecular weight excluding hydrogens is 620 g/mol. The molecule has 1 saturated heterocycles. The fourth-order valence-electron chi connectivity index (χ4n) is 4.66. The van der Waals surface area contributed by atoms with Gasteiger partial charge in [-0.25, -0.2) is 9.78 Å². The lowest BCUT2D eigenvalue weighted by Gasteiger charge is -2.50. The molecule has 0 aliphatic carbocycles. The molecule has 1 aliphatic heterocycles. The average molecular weight is 654 g/mol. The molecule has 18 heteroatoms. The van der Waals surface area contributed by atoms with E-state index in [0.717, 1.165) is 41.6 Å². The monoisotopic (exact) mass is 653 g/mol. The van der Waals surface area contributed by atoms with Crippen LogP contribution in [0.4, 0.5) is 5.13 Å². The van der Waals surface area contributed by atoms with Crippen molar-refractivity contribution in [3.05, 3.63) is 35.5 Å². The number of oxime groups is 1. The number of rotatable bonds is 15. The van der Waals surface area contributed by atoms with Gasteiger partial charge in [0, 0.05) is 18.2 Å². The molecule has 1 aliphatic rings. The number of aliphatic carboxylic acids is 1. The Kier molecular flexibility index (Phi) is 9.57. The molecule has 0 spiro atoms. The van der Waals surface area contributed by atoms with Gasteiger partial charge in [0.1, 0.15) is 23.6 Å². The normalized spacial score (nSPS) is 17.4. The summed E-state index contributed by atoms with van der Waals surface area (Å²) in [7, 11) is -3.03. The van der Waals surface area contributed by atoms with E-state index in [-0.39, 0.29) is 10.8 Å². The third kappa shape index (κ3) is 7.15. The van der Waals surface area contributed by atoms with Crippen molar-refractivity contribution in [2.45, 2.75) is 58.2 Å². The number of amides is 1. The minimum Gasteiger partial charge on any atom is -0.489 e. The lowest BCUT2D eigenvalue weighted by Crippen LogP contribution is -2.68. The SMILES string of the molecule is CCCC[n+]1cc2cc(OC[C@H](O/N=C(\C(=O)CC3C(=O)N(OS(=O)(=O)O)C3(C)C)c3csc(N)n3)C(=O)O)ccc2n1C. The highest BCUT2D eigenvalue weighted by Gasteiger charge is 2.57. The van der Waals surface area contributed by atoms with Crippen molar-refractivity contribution in [1.29, 1.82) is 0 Å². The smallest absolute Gasteiger partial charge is 0.418 e. The van der Waals surface area contributed by atoms with Crippen LogP contribution in [0.1, 0.15) is 45.7 Å². The second-order valence-electron chi connectivity index (χ2n) is 10.6. The van der Waals surface area contributed by atoms with Gasteiger partial charge < -0.3 is 20.4 Å². The van der Waals surface area contributed by atoms with Crippen LogP contribution in [0.15, 0.2) is 34.9 Å². The van der Waals surface area contributed by atoms with Gasteiger partial charge in [-0.1, -0.05) is 18.5 Å². The number of benzene rings is 1. The number of unbranched alkanes of at least 4 members (excludes halogenated alkanes) is 1. The number of carbonyl (C=O) groups is 3. The van der Waals surface area contributed by atoms with Crippen LogP contribution in [0.3, 0.4) is 0 Å². The van der Waals surface area contributed by atoms with Crippen molar-refractivity contribution < 1.29 is 51.0 Å². The first kappa shape index (κ1) is 32.8. The Bertz CT molecular complexity index is 1710. The van der Waals surface area contributed by atoms with E-state index in [2.05, 4.69) is 26.0 Å². The van der Waals surface area contributed by atoms with E-state index in [1.165, 1.54) is 19.2 Å². The molecule has 0 saturated carbocycles. The van der Waals surface area contributed by atoms with Gasteiger partial charge in [0.2, 0.25) is 6.20 Å². The standard InChI is InChI=1S/C26H32N6O10S2/c1-5-6-9-31-12-15-10-16(7-8-19(15)30(31)4)40-13-21(24(35)36)41-29-22(18-14-43-25(27)28-18)20(33)11-17-23(34)32(26(17,2)3)42-44(37,38)39/h7-8,10,12,14,17,21H,5-6,9,11,13H2,1-4H3,(H3-,27,28,35,36,37,38,39)/p+1/b29-22-/t17?,21-/m0/s1. The van der Waals surface area contributed by atoms with Gasteiger partial charge in [0.15, 0.2) is 23.2 Å². The number of hydrogen-bond acceptors (Lipinski definition) is 12. The van der Waals surface area contributed by atoms with Crippen LogP contribution in [-0.4, -0.2) is 74.4 Å². The molecule has 2 aromatic heterocycles. The fraction of sp³-hybridized carbons (Fsp3) is 0.462. The Morgan fingerprint density at radius 2 is 2.05 bits per heavy atom. The number of β-lactam (4-membered cyclic amide) rings is 1. The number of anilines is 1. The van der Waals surface area contributed by atoms with E-state index in [1.807, 2.05) is 24.0 Å². The van der Waals surface area contributed by atoms with Crippen LogP contribution in [-0.2, 0) is 47.5 Å². The lowest BCUT2D eigenvalue weighted by atomic mass is 9.74. The summed E-state index contributed by atoms with van der Waals surface area (Å²) in [5.74, 6) is -3.71. The molecule has 3 aromatic rings. The highest BCUT2D eigenvalue weighted by atomic mass is 32.3. The predicted octanol–water partition coefficient (Wildman–Crippen LogP) is 1.49. The Morgan fingerprint density at radius 3 is 2.64 bits per heavy atom. The summed E-state index contributed by atoms with van der Waals surface area (Å²) in [6.45, 7) is 5.37. The van der Waals surface area contributed by atoms with E-state index < -0.39 is 64.4 Å². The van der Waals surface area contributed by atoms with E-state index in [1.54, 1.807) is 12.1 Å². The number of hydroxylamine groups is 2. The largest absolute Gasteiger partial charge is 0.489 e. The fourth-order valence-corrected chi connectivity index (χ4v) is 5.66. The summed E-state index contributed by atoms with van der Waals surface area (Å²) >= 11 is 0.996. The maximum atomic E-state index is 13.3. The summed E-state index contributed by atoms with van der Waals surface area (Å²) in [6, 6.07) is 5.34. The van der Waals surface area contributed by atoms with Crippen LogP contribution in [0.25, 0.3) is 10.9 Å². The Balaban J connectivity index is 1.49. The van der Waals surface area contributed by atoms with Crippen LogP contribution < -0.4 is 15.2 Å². The van der Waals surface area contributed by atoms with Crippen molar-refractivity contribution in [3.63, 3.8) is 0 Å². The number of hydrogen-bond donors (Lipinski definition) is 3. The highest BCUT2D eigenvalue weighted by Crippen LogP contribution is 2.40. The van der Waals surface area contributed by atoms with Gasteiger partial charge in [-0.2, -0.15) is 18.2 Å². The Hall–Kier alpha value is -4.13. The molecule has 4 rings (SSSR count). The van der Waals surface area contributed by atoms with Crippen LogP contribution >= 0.6 is 11.3 Å². The topological polar surface area (TPSA) is 217 Å². The molecule has 3 heterocycles. The number of nitrogen functional groups attached to an aromatic ring is 1. The molecular formula is C26H33N6O10S2+. The average Bonchev–Trinajstić information content (AvgIpc) is 3.52. The minimum absolute atomic E-state index is 0.0101. The lowest BCUT2D eigenvalue weighted by molar-refractivity contribution is -0.771. The van der Waals surface area contributed by atoms with Crippen molar-refractivity contribution in [2.24, 2.45) is 18.1 Å². The molecule has 1 aromatic carbocycles. The summed E-state index contributed by atoms with van der Waals surface area (Å²) in [5, 5.41) is 16.4. The molecule has 4 N–H and O–H groups in total. The first-order valence-corrected chi connectivity index (χ1v) is 15.7. The van der Waals surface area contributed by atoms with Crippen molar-refractivity contribution in [1.82, 2.24) is 14.7 Å². The third-order valence-corrected chi connectivity index (χ3v) is 8.18. The summed E-state index contributed by atoms with van der Waals surface area (Å²) in [4.78, 5) is 47.1.